The molecule has 2 rings (SSSR count). The fraction of sp³-hybridized carbons (Fsp3) is 0.704. The van der Waals surface area contributed by atoms with Crippen molar-refractivity contribution >= 4 is 30.1 Å². The second kappa shape index (κ2) is 18.2. The second-order valence-electron chi connectivity index (χ2n) is 12.8. The zero-order valence-corrected chi connectivity index (χ0v) is 28.9. The normalized spacial score (nSPS) is 13.6. The molecule has 1 aromatic rings. The number of nitrogens with zero attached hydrogens (tertiary/aromatic N) is 1. The molecule has 0 saturated carbocycles. The molecule has 1 aromatic carbocycles. The van der Waals surface area contributed by atoms with E-state index in [0.29, 0.717) is 11.8 Å². The molecule has 0 N–H and O–H groups in total. The van der Waals surface area contributed by atoms with E-state index in [-0.39, 0.29) is 36.9 Å². The van der Waals surface area contributed by atoms with Gasteiger partial charge in [0.25, 0.3) is 0 Å². The first-order valence-electron chi connectivity index (χ1n) is 12.4. The Kier molecular flexibility index (Phi) is 21.1. The summed E-state index contributed by atoms with van der Waals surface area (Å²) in [5, 5.41) is 0. The fourth-order valence-corrected chi connectivity index (χ4v) is 3.42. The summed E-state index contributed by atoms with van der Waals surface area (Å²) in [6, 6.07) is 6.64. The van der Waals surface area contributed by atoms with Crippen molar-refractivity contribution in [2.24, 2.45) is 0 Å². The molecule has 0 aliphatic carbocycles. The molecule has 1 fully saturated rings. The van der Waals surface area contributed by atoms with Crippen LogP contribution in [0.2, 0.25) is 58.9 Å². The smallest absolute Gasteiger partial charge is 0.687 e. The van der Waals surface area contributed by atoms with Crippen LogP contribution >= 0.6 is 0 Å². The minimum Gasteiger partial charge on any atom is -0.687 e. The van der Waals surface area contributed by atoms with Gasteiger partial charge in [-0.2, -0.15) is 0 Å². The van der Waals surface area contributed by atoms with Crippen molar-refractivity contribution < 1.29 is 41.6 Å². The van der Waals surface area contributed by atoms with E-state index in [1.54, 1.807) is 0 Å². The van der Waals surface area contributed by atoms with E-state index in [0.717, 1.165) is 13.2 Å². The van der Waals surface area contributed by atoms with E-state index in [1.807, 2.05) is 0 Å². The molecule has 0 amide bonds. The van der Waals surface area contributed by atoms with Crippen LogP contribution in [0.15, 0.2) is 18.2 Å². The minimum absolute atomic E-state index is 0. The summed E-state index contributed by atoms with van der Waals surface area (Å²) in [5.74, 6) is 1.09. The van der Waals surface area contributed by atoms with Gasteiger partial charge in [-0.25, -0.2) is 0 Å². The third kappa shape index (κ3) is 29.0. The molecule has 1 aliphatic heterocycles. The predicted octanol–water partition coefficient (Wildman–Crippen LogP) is 9.97. The Balaban J connectivity index is -0.000000458. The van der Waals surface area contributed by atoms with Gasteiger partial charge in [-0.15, -0.1) is 21.8 Å². The molecule has 1 aliphatic rings. The number of rotatable bonds is 4. The van der Waals surface area contributed by atoms with Crippen molar-refractivity contribution in [2.75, 3.05) is 13.2 Å². The molecule has 0 spiro atoms. The molecule has 202 valence electrons. The summed E-state index contributed by atoms with van der Waals surface area (Å²) in [6.07, 6.45) is 2.56. The van der Waals surface area contributed by atoms with Gasteiger partial charge in [-0.3, -0.25) is 0 Å². The van der Waals surface area contributed by atoms with Crippen LogP contribution in [0.25, 0.3) is 4.98 Å². The van der Waals surface area contributed by atoms with Gasteiger partial charge in [0.2, 0.25) is 0 Å². The van der Waals surface area contributed by atoms with Crippen LogP contribution < -0.4 is 0 Å². The number of hydrogen-bond donors (Lipinski definition) is 0. The average Bonchev–Trinajstić information content (AvgIpc) is 3.09. The first-order chi connectivity index (χ1) is 14.2. The Morgan fingerprint density at radius 1 is 0.727 bits per heavy atom. The van der Waals surface area contributed by atoms with Gasteiger partial charge in [0.05, 0.1) is 0 Å². The first-order valence-corrected chi connectivity index (χ1v) is 23.2. The third-order valence-corrected chi connectivity index (χ3v) is 4.51. The van der Waals surface area contributed by atoms with Crippen molar-refractivity contribution in [2.45, 2.75) is 111 Å². The van der Waals surface area contributed by atoms with Crippen LogP contribution in [0.3, 0.4) is 0 Å². The van der Waals surface area contributed by atoms with Gasteiger partial charge >= 0.3 is 36.9 Å². The summed E-state index contributed by atoms with van der Waals surface area (Å²) in [6.45, 7) is 39.0. The molecular weight excluding hydrogens is 614 g/mol. The van der Waals surface area contributed by atoms with Crippen LogP contribution in [0.5, 0.6) is 0 Å². The van der Waals surface area contributed by atoms with Crippen molar-refractivity contribution in [1.29, 1.82) is 0 Å². The van der Waals surface area contributed by atoms with Crippen molar-refractivity contribution in [1.82, 2.24) is 0 Å². The third-order valence-electron chi connectivity index (χ3n) is 3.62. The Morgan fingerprint density at radius 2 is 1.03 bits per heavy atom. The maximum absolute atomic E-state index is 5.07. The van der Waals surface area contributed by atoms with Gasteiger partial charge in [0.15, 0.2) is 0 Å². The quantitative estimate of drug-likeness (QED) is 0.231. The van der Waals surface area contributed by atoms with Crippen LogP contribution in [-0.4, -0.2) is 37.6 Å². The van der Waals surface area contributed by atoms with Crippen LogP contribution in [0.1, 0.15) is 63.5 Å². The number of benzene rings is 1. The topological polar surface area (TPSA) is 23.3 Å². The van der Waals surface area contributed by atoms with Gasteiger partial charge in [0, 0.05) is 13.2 Å². The first kappa shape index (κ1) is 38.4. The molecule has 1 heterocycles. The monoisotopic (exact) mass is 669 g/mol. The molecule has 0 bridgehead atoms. The summed E-state index contributed by atoms with van der Waals surface area (Å²) >= 11 is 0. The van der Waals surface area contributed by atoms with Crippen molar-refractivity contribution in [3.05, 3.63) is 47.4 Å². The molecular formula is C27H56LuNOSi3. The molecule has 0 atom stereocenters. The maximum atomic E-state index is 5.07. The molecule has 33 heavy (non-hydrogen) atoms. The Hall–Kier alpha value is 0.864. The zero-order chi connectivity index (χ0) is 25.8. The van der Waals surface area contributed by atoms with E-state index < -0.39 is 24.4 Å². The van der Waals surface area contributed by atoms with E-state index >= 15 is 0 Å². The standard InChI is InChI=1S/C15H26NSi.C4H8O.2C4H11Si.Lu/c1-11(2)13-9-8-10-14(12(3)4)15(13)16-17(5,6)7;1-2-4-5-3-1;2*1-5(2,3)4;/h8-12H,1-7H3;1-4H2;2*1H2,2-4H3;/q-1;;2*-1;+3. The molecule has 6 heteroatoms. The summed E-state index contributed by atoms with van der Waals surface area (Å²) in [7, 11) is -3.15. The van der Waals surface area contributed by atoms with Gasteiger partial charge in [-0.05, 0) is 32.9 Å². The summed E-state index contributed by atoms with van der Waals surface area (Å²) < 4.78 is 4.94. The summed E-state index contributed by atoms with van der Waals surface area (Å²) in [4.78, 5) is 5.07. The van der Waals surface area contributed by atoms with Gasteiger partial charge in [-0.1, -0.05) is 116 Å². The minimum atomic E-state index is -1.43. The zero-order valence-electron chi connectivity index (χ0n) is 24.2. The van der Waals surface area contributed by atoms with Crippen molar-refractivity contribution in [3.8, 4) is 0 Å². The largest absolute Gasteiger partial charge is 3.00 e. The fourth-order valence-electron chi connectivity index (χ4n) is 2.49. The predicted molar refractivity (Wildman–Crippen MR) is 158 cm³/mol. The molecule has 2 nitrogen and oxygen atoms in total. The van der Waals surface area contributed by atoms with Crippen molar-refractivity contribution in [3.63, 3.8) is 0 Å². The number of hydrogen-bond acceptors (Lipinski definition) is 1. The van der Waals surface area contributed by atoms with E-state index in [2.05, 4.69) is 118 Å². The number of ether oxygens (including phenoxy) is 1. The van der Waals surface area contributed by atoms with Crippen LogP contribution in [0, 0.1) is 50.0 Å². The molecule has 0 unspecified atom stereocenters. The molecule has 0 radical (unpaired) electrons. The van der Waals surface area contributed by atoms with Crippen LogP contribution in [0.4, 0.5) is 5.69 Å². The molecule has 1 saturated heterocycles. The van der Waals surface area contributed by atoms with Gasteiger partial charge < -0.3 is 22.8 Å². The van der Waals surface area contributed by atoms with E-state index in [4.69, 9.17) is 9.72 Å². The SMILES string of the molecule is C1CCOC1.CC(C)c1cccc(C(C)C)c1[N-][Si](C)(C)C.[CH2-][Si](C)(C)C.[CH2-][Si](C)(C)C.[Lu+3]. The summed E-state index contributed by atoms with van der Waals surface area (Å²) in [5.41, 5.74) is 4.08. The van der Waals surface area contributed by atoms with E-state index in [1.165, 1.54) is 29.7 Å². The maximum Gasteiger partial charge on any atom is 3.00 e. The Labute approximate surface area is 241 Å². The van der Waals surface area contributed by atoms with Crippen LogP contribution in [-0.2, 0) is 4.74 Å². The van der Waals surface area contributed by atoms with Gasteiger partial charge in [0.1, 0.15) is 0 Å². The Bertz CT molecular complexity index is 553. The second-order valence-corrected chi connectivity index (χ2v) is 27.6. The average molecular weight is 670 g/mol. The Morgan fingerprint density at radius 3 is 1.21 bits per heavy atom. The molecule has 0 aromatic heterocycles. The van der Waals surface area contributed by atoms with E-state index in [9.17, 15) is 0 Å².